The van der Waals surface area contributed by atoms with Crippen LogP contribution in [-0.4, -0.2) is 18.8 Å². The first kappa shape index (κ1) is 11.3. The first-order valence-electron chi connectivity index (χ1n) is 3.65. The number of hydrogen-bond donors (Lipinski definition) is 0. The van der Waals surface area contributed by atoms with Crippen LogP contribution in [0.15, 0.2) is 0 Å². The maximum absolute atomic E-state index is 5.24. The zero-order chi connectivity index (χ0) is 8.91. The Kier molecular flexibility index (Phi) is 5.17. The summed E-state index contributed by atoms with van der Waals surface area (Å²) in [5.41, 5.74) is 3.25. The molecule has 0 aromatic heterocycles. The standard InChI is InChI=1S/C8H14OSi.W/c1-5-9-7-6-8-10(2,3)4;/h5H2,1-4H3;. The van der Waals surface area contributed by atoms with Crippen molar-refractivity contribution in [2.24, 2.45) is 0 Å². The summed E-state index contributed by atoms with van der Waals surface area (Å²) in [6.45, 7) is 9.41. The van der Waals surface area contributed by atoms with Crippen molar-refractivity contribution in [1.82, 2.24) is 0 Å². The van der Waals surface area contributed by atoms with Crippen LogP contribution in [0.1, 0.15) is 6.92 Å². The van der Waals surface area contributed by atoms with E-state index in [1.54, 1.807) is 0 Å². The third-order valence-electron chi connectivity index (χ3n) is 0.815. The van der Waals surface area contributed by atoms with Gasteiger partial charge in [0.25, 0.3) is 0 Å². The fraction of sp³-hybridized carbons (Fsp3) is 0.625. The van der Waals surface area contributed by atoms with Gasteiger partial charge in [-0.15, -0.1) is 0 Å². The van der Waals surface area contributed by atoms with E-state index in [1.807, 2.05) is 6.92 Å². The van der Waals surface area contributed by atoms with Crippen LogP contribution in [-0.2, 0) is 24.1 Å². The molecule has 3 heteroatoms. The van der Waals surface area contributed by atoms with Crippen LogP contribution in [0, 0.1) is 11.5 Å². The van der Waals surface area contributed by atoms with Crippen molar-refractivity contribution in [2.45, 2.75) is 26.6 Å². The van der Waals surface area contributed by atoms with Crippen LogP contribution in [0.3, 0.4) is 0 Å². The van der Waals surface area contributed by atoms with Crippen LogP contribution in [0.4, 0.5) is 0 Å². The Morgan fingerprint density at radius 1 is 1.45 bits per heavy atom. The predicted octanol–water partition coefficient (Wildman–Crippen LogP) is 1.58. The van der Waals surface area contributed by atoms with Gasteiger partial charge in [-0.25, -0.2) is 0 Å². The Labute approximate surface area is 80.9 Å². The average molecular weight is 338 g/mol. The molecule has 0 unspecified atom stereocenters. The van der Waals surface area contributed by atoms with Crippen LogP contribution < -0.4 is 0 Å². The van der Waals surface area contributed by atoms with Crippen molar-refractivity contribution in [3.05, 3.63) is 0 Å². The van der Waals surface area contributed by atoms with E-state index in [2.05, 4.69) is 31.1 Å². The summed E-state index contributed by atoms with van der Waals surface area (Å²) in [5, 5.41) is 0. The van der Waals surface area contributed by atoms with Gasteiger partial charge in [-0.2, -0.15) is 0 Å². The molecule has 0 saturated heterocycles. The molecule has 0 atom stereocenters. The van der Waals surface area contributed by atoms with Gasteiger partial charge in [0.05, 0.1) is 0 Å². The van der Waals surface area contributed by atoms with E-state index in [0.29, 0.717) is 0 Å². The molecule has 0 aromatic carbocycles. The van der Waals surface area contributed by atoms with Crippen molar-refractivity contribution in [2.75, 3.05) is 6.61 Å². The Balaban J connectivity index is 3.98. The second-order valence-corrected chi connectivity index (χ2v) is 9.30. The topological polar surface area (TPSA) is 9.23 Å². The molecule has 0 bridgehead atoms. The first-order valence-corrected chi connectivity index (χ1v) is 8.62. The fourth-order valence-electron chi connectivity index (χ4n) is 0.406. The fourth-order valence-corrected chi connectivity index (χ4v) is 1.86. The molecule has 0 amide bonds. The number of rotatable bonds is 2. The molecule has 0 aliphatic rings. The van der Waals surface area contributed by atoms with E-state index >= 15 is 0 Å². The van der Waals surface area contributed by atoms with Crippen molar-refractivity contribution in [1.29, 1.82) is 0 Å². The summed E-state index contributed by atoms with van der Waals surface area (Å²) in [5.74, 6) is 3.07. The van der Waals surface area contributed by atoms with Crippen LogP contribution in [0.25, 0.3) is 0 Å². The molecular weight excluding hydrogens is 324 g/mol. The van der Waals surface area contributed by atoms with Crippen molar-refractivity contribution in [3.63, 3.8) is 0 Å². The molecule has 62 valence electrons. The van der Waals surface area contributed by atoms with Crippen molar-refractivity contribution in [3.8, 4) is 11.5 Å². The summed E-state index contributed by atoms with van der Waals surface area (Å²) in [4.78, 5) is 0. The van der Waals surface area contributed by atoms with E-state index in [9.17, 15) is 0 Å². The molecule has 11 heavy (non-hydrogen) atoms. The molecular formula is C8H14OSiW. The van der Waals surface area contributed by atoms with Gasteiger partial charge in [-0.1, -0.05) is 0 Å². The van der Waals surface area contributed by atoms with Gasteiger partial charge in [0.15, 0.2) is 0 Å². The number of ether oxygens (including phenoxy) is 1. The average Bonchev–Trinajstić information content (AvgIpc) is 1.83. The molecule has 0 rings (SSSR count). The third-order valence-corrected chi connectivity index (χ3v) is 2.48. The first-order chi connectivity index (χ1) is 4.95. The van der Waals surface area contributed by atoms with Gasteiger partial charge in [0.2, 0.25) is 0 Å². The zero-order valence-electron chi connectivity index (χ0n) is 7.52. The van der Waals surface area contributed by atoms with Gasteiger partial charge in [-0.05, 0) is 0 Å². The predicted molar refractivity (Wildman–Crippen MR) is 47.8 cm³/mol. The van der Waals surface area contributed by atoms with E-state index in [0.717, 1.165) is 10.7 Å². The monoisotopic (exact) mass is 338 g/mol. The summed E-state index contributed by atoms with van der Waals surface area (Å²) in [6.07, 6.45) is 0. The minimum absolute atomic E-state index is 0.735. The normalized spacial score (nSPS) is 10.2. The second kappa shape index (κ2) is 5.03. The Bertz CT molecular complexity index is 194. The molecule has 0 N–H and O–H groups in total. The Morgan fingerprint density at radius 2 is 2.00 bits per heavy atom. The summed E-state index contributed by atoms with van der Waals surface area (Å²) in [6, 6.07) is 0. The third kappa shape index (κ3) is 8.20. The number of hydrogen-bond acceptors (Lipinski definition) is 1. The molecule has 0 radical (unpaired) electrons. The summed E-state index contributed by atoms with van der Waals surface area (Å²) in [7, 11) is -1.20. The van der Waals surface area contributed by atoms with E-state index in [1.165, 1.54) is 19.4 Å². The van der Waals surface area contributed by atoms with Crippen LogP contribution in [0.2, 0.25) is 19.6 Å². The Morgan fingerprint density at radius 3 is 2.36 bits per heavy atom. The zero-order valence-corrected chi connectivity index (χ0v) is 11.5. The molecule has 0 aliphatic carbocycles. The van der Waals surface area contributed by atoms with Crippen molar-refractivity contribution >= 4 is 12.2 Å². The molecule has 0 saturated carbocycles. The van der Waals surface area contributed by atoms with E-state index < -0.39 is 8.07 Å². The summed E-state index contributed by atoms with van der Waals surface area (Å²) < 4.78 is 6.17. The molecule has 0 spiro atoms. The maximum atomic E-state index is 5.24. The van der Waals surface area contributed by atoms with Gasteiger partial charge in [0, 0.05) is 0 Å². The molecule has 0 aliphatic heterocycles. The quantitative estimate of drug-likeness (QED) is 0.549. The molecule has 0 heterocycles. The van der Waals surface area contributed by atoms with Crippen LogP contribution in [0.5, 0.6) is 0 Å². The van der Waals surface area contributed by atoms with E-state index in [4.69, 9.17) is 4.74 Å². The van der Waals surface area contributed by atoms with Crippen molar-refractivity contribution < 1.29 is 24.1 Å². The van der Waals surface area contributed by atoms with Gasteiger partial charge >= 0.3 is 80.9 Å². The summed E-state index contributed by atoms with van der Waals surface area (Å²) >= 11 is 1.33. The Hall–Kier alpha value is 0.295. The van der Waals surface area contributed by atoms with Gasteiger partial charge < -0.3 is 0 Å². The van der Waals surface area contributed by atoms with Gasteiger partial charge in [0.1, 0.15) is 0 Å². The molecule has 0 aromatic rings. The SMILES string of the molecule is CCO[C](=[W])C#C[Si](C)(C)C. The molecule has 0 fully saturated rings. The molecule has 1 nitrogen and oxygen atoms in total. The minimum atomic E-state index is -1.20. The van der Waals surface area contributed by atoms with Gasteiger partial charge in [-0.3, -0.25) is 0 Å². The second-order valence-electron chi connectivity index (χ2n) is 3.22. The van der Waals surface area contributed by atoms with E-state index in [-0.39, 0.29) is 0 Å². The van der Waals surface area contributed by atoms with Crippen LogP contribution >= 0.6 is 0 Å².